The maximum atomic E-state index is 5.52. The molecule has 1 unspecified atom stereocenters. The zero-order valence-corrected chi connectivity index (χ0v) is 8.38. The summed E-state index contributed by atoms with van der Waals surface area (Å²) in [5, 5.41) is 3.25. The second kappa shape index (κ2) is 5.81. The fraction of sp³-hybridized carbons (Fsp3) is 0.636. The highest BCUT2D eigenvalue weighted by atomic mass is 16.5. The quantitative estimate of drug-likeness (QED) is 0.673. The minimum Gasteiger partial charge on any atom is -0.361 e. The van der Waals surface area contributed by atoms with Gasteiger partial charge in [-0.15, -0.1) is 0 Å². The Morgan fingerprint density at radius 3 is 3.08 bits per heavy atom. The summed E-state index contributed by atoms with van der Waals surface area (Å²) in [6.45, 7) is 6.90. The second-order valence-corrected chi connectivity index (χ2v) is 3.34. The van der Waals surface area contributed by atoms with Crippen LogP contribution in [0.2, 0.25) is 0 Å². The molecule has 0 saturated carbocycles. The van der Waals surface area contributed by atoms with Gasteiger partial charge < -0.3 is 10.1 Å². The number of nitrogens with one attached hydrogen (secondary N) is 1. The van der Waals surface area contributed by atoms with E-state index >= 15 is 0 Å². The van der Waals surface area contributed by atoms with Crippen molar-refractivity contribution in [2.75, 3.05) is 6.61 Å². The highest BCUT2D eigenvalue weighted by molar-refractivity contribution is 5.12. The lowest BCUT2D eigenvalue weighted by molar-refractivity contribution is 0.00187. The van der Waals surface area contributed by atoms with E-state index in [1.165, 1.54) is 12.8 Å². The van der Waals surface area contributed by atoms with Crippen LogP contribution in [-0.2, 0) is 4.74 Å². The molecular weight excluding hydrogens is 162 g/mol. The summed E-state index contributed by atoms with van der Waals surface area (Å²) in [5.74, 6) is 0. The first kappa shape index (κ1) is 10.3. The van der Waals surface area contributed by atoms with E-state index in [4.69, 9.17) is 4.74 Å². The van der Waals surface area contributed by atoms with Crippen LogP contribution in [0, 0.1) is 0 Å². The fourth-order valence-corrected chi connectivity index (χ4v) is 1.37. The highest BCUT2D eigenvalue weighted by Gasteiger charge is 2.12. The van der Waals surface area contributed by atoms with Crippen LogP contribution in [0.3, 0.4) is 0 Å². The lowest BCUT2D eigenvalue weighted by atomic mass is 10.2. The average Bonchev–Trinajstić information content (AvgIpc) is 2.16. The number of ether oxygens (including phenoxy) is 1. The van der Waals surface area contributed by atoms with Gasteiger partial charge in [-0.2, -0.15) is 0 Å². The third-order valence-corrected chi connectivity index (χ3v) is 2.08. The molecule has 1 N–H and O–H groups in total. The molecule has 1 aliphatic rings. The van der Waals surface area contributed by atoms with Crippen molar-refractivity contribution >= 4 is 0 Å². The predicted octanol–water partition coefficient (Wildman–Crippen LogP) is 2.58. The topological polar surface area (TPSA) is 21.3 Å². The smallest absolute Gasteiger partial charge is 0.127 e. The summed E-state index contributed by atoms with van der Waals surface area (Å²) in [7, 11) is 0. The van der Waals surface area contributed by atoms with E-state index in [9.17, 15) is 0 Å². The van der Waals surface area contributed by atoms with Crippen molar-refractivity contribution < 1.29 is 4.74 Å². The van der Waals surface area contributed by atoms with E-state index < -0.39 is 0 Å². The first-order valence-electron chi connectivity index (χ1n) is 5.06. The number of rotatable bonds is 4. The predicted molar refractivity (Wildman–Crippen MR) is 55.3 cm³/mol. The molecule has 0 aromatic carbocycles. The third-order valence-electron chi connectivity index (χ3n) is 2.08. The van der Waals surface area contributed by atoms with Crippen molar-refractivity contribution in [2.24, 2.45) is 0 Å². The van der Waals surface area contributed by atoms with Crippen LogP contribution in [-0.4, -0.2) is 12.8 Å². The number of hydrogen-bond donors (Lipinski definition) is 1. The first-order valence-corrected chi connectivity index (χ1v) is 5.06. The molecule has 0 spiro atoms. The normalized spacial score (nSPS) is 23.3. The third kappa shape index (κ3) is 4.13. The van der Waals surface area contributed by atoms with Crippen molar-refractivity contribution in [3.8, 4) is 0 Å². The lowest BCUT2D eigenvalue weighted by Crippen LogP contribution is -2.33. The lowest BCUT2D eigenvalue weighted by Gasteiger charge is -2.24. The molecule has 13 heavy (non-hydrogen) atoms. The van der Waals surface area contributed by atoms with Crippen LogP contribution in [0.1, 0.15) is 32.6 Å². The van der Waals surface area contributed by atoms with Gasteiger partial charge in [0.05, 0.1) is 0 Å². The van der Waals surface area contributed by atoms with Gasteiger partial charge >= 0.3 is 0 Å². The van der Waals surface area contributed by atoms with Crippen molar-refractivity contribution in [2.45, 2.75) is 38.8 Å². The van der Waals surface area contributed by atoms with Crippen LogP contribution in [0.4, 0.5) is 0 Å². The maximum Gasteiger partial charge on any atom is 0.127 e. The zero-order chi connectivity index (χ0) is 9.52. The van der Waals surface area contributed by atoms with E-state index in [-0.39, 0.29) is 6.23 Å². The van der Waals surface area contributed by atoms with Gasteiger partial charge in [0, 0.05) is 12.3 Å². The van der Waals surface area contributed by atoms with E-state index in [2.05, 4.69) is 24.9 Å². The molecule has 2 nitrogen and oxygen atoms in total. The molecule has 0 bridgehead atoms. The Kier molecular flexibility index (Phi) is 4.61. The van der Waals surface area contributed by atoms with Crippen LogP contribution in [0.5, 0.6) is 0 Å². The second-order valence-electron chi connectivity index (χ2n) is 3.34. The van der Waals surface area contributed by atoms with Crippen molar-refractivity contribution in [1.29, 1.82) is 0 Å². The molecule has 0 aromatic heterocycles. The van der Waals surface area contributed by atoms with Gasteiger partial charge in [0.1, 0.15) is 6.23 Å². The van der Waals surface area contributed by atoms with Crippen molar-refractivity contribution in [1.82, 2.24) is 5.32 Å². The van der Waals surface area contributed by atoms with Gasteiger partial charge in [0.25, 0.3) is 0 Å². The standard InChI is InChI=1S/C11H19NO/c1-3-4-7-10(2)12-11-8-5-6-9-13-11/h4,7,11-12H,2-3,5-6,8-9H2,1H3/b7-4-. The molecule has 1 aliphatic heterocycles. The average molecular weight is 181 g/mol. The molecule has 0 radical (unpaired) electrons. The molecule has 1 rings (SSSR count). The Labute approximate surface area is 80.7 Å². The molecule has 2 heteroatoms. The Bertz CT molecular complexity index is 181. The summed E-state index contributed by atoms with van der Waals surface area (Å²) in [6, 6.07) is 0. The Balaban J connectivity index is 2.22. The summed E-state index contributed by atoms with van der Waals surface area (Å²) >= 11 is 0. The van der Waals surface area contributed by atoms with E-state index in [1.807, 2.05) is 6.08 Å². The summed E-state index contributed by atoms with van der Waals surface area (Å²) in [4.78, 5) is 0. The molecule has 0 aromatic rings. The van der Waals surface area contributed by atoms with Crippen molar-refractivity contribution in [3.63, 3.8) is 0 Å². The van der Waals surface area contributed by atoms with E-state index in [0.717, 1.165) is 25.1 Å². The van der Waals surface area contributed by atoms with Gasteiger partial charge in [0.15, 0.2) is 0 Å². The fourth-order valence-electron chi connectivity index (χ4n) is 1.37. The zero-order valence-electron chi connectivity index (χ0n) is 8.38. The molecular formula is C11H19NO. The van der Waals surface area contributed by atoms with Crippen LogP contribution in [0.15, 0.2) is 24.4 Å². The molecule has 74 valence electrons. The molecule has 1 heterocycles. The molecule has 1 fully saturated rings. The van der Waals surface area contributed by atoms with E-state index in [0.29, 0.717) is 0 Å². The Hall–Kier alpha value is -0.760. The first-order chi connectivity index (χ1) is 6.33. The van der Waals surface area contributed by atoms with E-state index in [1.54, 1.807) is 0 Å². The van der Waals surface area contributed by atoms with Crippen LogP contribution < -0.4 is 5.32 Å². The van der Waals surface area contributed by atoms with Crippen LogP contribution in [0.25, 0.3) is 0 Å². The minimum atomic E-state index is 0.183. The van der Waals surface area contributed by atoms with Gasteiger partial charge in [-0.1, -0.05) is 19.6 Å². The molecule has 1 atom stereocenters. The van der Waals surface area contributed by atoms with Gasteiger partial charge in [-0.05, 0) is 31.8 Å². The Morgan fingerprint density at radius 1 is 1.62 bits per heavy atom. The van der Waals surface area contributed by atoms with Crippen molar-refractivity contribution in [3.05, 3.63) is 24.4 Å². The number of allylic oxidation sites excluding steroid dienone is 2. The molecule has 0 amide bonds. The summed E-state index contributed by atoms with van der Waals surface area (Å²) < 4.78 is 5.52. The SMILES string of the molecule is C=C(/C=C\CC)NC1CCCCO1. The van der Waals surface area contributed by atoms with Gasteiger partial charge in [-0.25, -0.2) is 0 Å². The molecule has 0 aliphatic carbocycles. The largest absolute Gasteiger partial charge is 0.361 e. The highest BCUT2D eigenvalue weighted by Crippen LogP contribution is 2.11. The Morgan fingerprint density at radius 2 is 2.46 bits per heavy atom. The summed E-state index contributed by atoms with van der Waals surface area (Å²) in [5.41, 5.74) is 0.953. The minimum absolute atomic E-state index is 0.183. The summed E-state index contributed by atoms with van der Waals surface area (Å²) in [6.07, 6.45) is 8.88. The molecule has 1 saturated heterocycles. The number of hydrogen-bond acceptors (Lipinski definition) is 2. The maximum absolute atomic E-state index is 5.52. The van der Waals surface area contributed by atoms with Gasteiger partial charge in [0.2, 0.25) is 0 Å². The van der Waals surface area contributed by atoms with Crippen LogP contribution >= 0.6 is 0 Å². The van der Waals surface area contributed by atoms with Gasteiger partial charge in [-0.3, -0.25) is 0 Å². The monoisotopic (exact) mass is 181 g/mol.